The van der Waals surface area contributed by atoms with Crippen LogP contribution in [0.4, 0.5) is 17.1 Å². The Balaban J connectivity index is 0.00000468. The zero-order chi connectivity index (χ0) is 33.1. The molecule has 1 saturated heterocycles. The number of nitrogens with zero attached hydrogens (tertiary/aromatic N) is 2. The average Bonchev–Trinajstić information content (AvgIpc) is 3.33. The second-order valence-corrected chi connectivity index (χ2v) is 12.6. The number of hydrogen-bond donors (Lipinski definition) is 1. The van der Waals surface area contributed by atoms with E-state index >= 15 is 0 Å². The van der Waals surface area contributed by atoms with Crippen LogP contribution in [0, 0.1) is 0 Å². The normalized spacial score (nSPS) is 14.8. The number of hydrogen-bond acceptors (Lipinski definition) is 6. The molecule has 2 aliphatic rings. The number of anilines is 3. The van der Waals surface area contributed by atoms with Crippen molar-refractivity contribution in [2.24, 2.45) is 0 Å². The molecule has 0 unspecified atom stereocenters. The van der Waals surface area contributed by atoms with E-state index in [-0.39, 0.29) is 18.3 Å². The van der Waals surface area contributed by atoms with Crippen molar-refractivity contribution in [1.82, 2.24) is 4.90 Å². The molecule has 1 amide bonds. The van der Waals surface area contributed by atoms with Crippen LogP contribution in [0.25, 0.3) is 17.2 Å². The Morgan fingerprint density at radius 3 is 2.37 bits per heavy atom. The van der Waals surface area contributed by atoms with Crippen LogP contribution in [0.2, 0.25) is 0 Å². The number of carbonyl (C=O) groups excluding carboxylic acids is 1. The lowest BCUT2D eigenvalue weighted by Crippen LogP contribution is -2.36. The summed E-state index contributed by atoms with van der Waals surface area (Å²) in [4.78, 5) is 18.4. The Morgan fingerprint density at radius 2 is 1.63 bits per heavy atom. The molecule has 0 atom stereocenters. The molecule has 0 aromatic heterocycles. The molecule has 258 valence electrons. The smallest absolute Gasteiger partial charge is 0.251 e. The Hall–Kier alpha value is -4.14. The van der Waals surface area contributed by atoms with Crippen molar-refractivity contribution in [3.63, 3.8) is 0 Å². The maximum atomic E-state index is 13.7. The molecule has 8 heteroatoms. The molecule has 1 fully saturated rings. The van der Waals surface area contributed by atoms with Gasteiger partial charge in [0.1, 0.15) is 12.4 Å². The number of nitrogens with one attached hydrogen (secondary N) is 1. The van der Waals surface area contributed by atoms with E-state index in [1.165, 1.54) is 5.56 Å². The first-order chi connectivity index (χ1) is 23.6. The fraction of sp³-hybridized carbons (Fsp3) is 0.341. The number of fused-ring (bicyclic) bond motifs is 1. The SMILES string of the molecule is CCCOCCOc1ccc(-c2ccc3c(c2)C=C(C(=O)Nc2ccc(CN(C)C4CCOCC4)cc2)CCN3c2ccccc2)cc1.Cl. The Kier molecular flexibility index (Phi) is 13.3. The zero-order valence-corrected chi connectivity index (χ0v) is 29.4. The summed E-state index contributed by atoms with van der Waals surface area (Å²) in [7, 11) is 2.18. The van der Waals surface area contributed by atoms with Crippen molar-refractivity contribution in [2.45, 2.75) is 45.2 Å². The first kappa shape index (κ1) is 36.1. The third-order valence-corrected chi connectivity index (χ3v) is 9.10. The summed E-state index contributed by atoms with van der Waals surface area (Å²) in [6.45, 7) is 7.21. The fourth-order valence-electron chi connectivity index (χ4n) is 6.42. The Bertz CT molecular complexity index is 1650. The molecule has 0 spiro atoms. The third-order valence-electron chi connectivity index (χ3n) is 9.10. The van der Waals surface area contributed by atoms with E-state index in [0.29, 0.717) is 32.2 Å². The standard InChI is InChI=1S/C41H47N3O4.ClH/c1-3-23-46-26-27-48-39-16-11-32(12-17-39)33-13-18-40-35(28-33)29-34(19-22-44(40)38-7-5-4-6-8-38)41(45)42-36-14-9-31(10-15-36)30-43(2)37-20-24-47-25-21-37;/h4-18,28-29,37H,3,19-27,30H2,1-2H3,(H,42,45);1H. The number of halogens is 1. The predicted octanol–water partition coefficient (Wildman–Crippen LogP) is 8.76. The Labute approximate surface area is 297 Å². The molecule has 7 nitrogen and oxygen atoms in total. The van der Waals surface area contributed by atoms with Crippen LogP contribution in [0.15, 0.2) is 103 Å². The molecule has 0 aliphatic carbocycles. The largest absolute Gasteiger partial charge is 0.491 e. The van der Waals surface area contributed by atoms with Crippen LogP contribution in [0.1, 0.15) is 43.7 Å². The van der Waals surface area contributed by atoms with Gasteiger partial charge in [-0.25, -0.2) is 0 Å². The molecule has 6 rings (SSSR count). The quantitative estimate of drug-likeness (QED) is 0.142. The van der Waals surface area contributed by atoms with Gasteiger partial charge in [-0.2, -0.15) is 0 Å². The summed E-state index contributed by atoms with van der Waals surface area (Å²) in [6, 6.07) is 33.8. The van der Waals surface area contributed by atoms with E-state index < -0.39 is 0 Å². The van der Waals surface area contributed by atoms with Crippen LogP contribution in [0.3, 0.4) is 0 Å². The average molecular weight is 682 g/mol. The van der Waals surface area contributed by atoms with Crippen molar-refractivity contribution in [2.75, 3.05) is 56.8 Å². The van der Waals surface area contributed by atoms with Crippen molar-refractivity contribution in [1.29, 1.82) is 0 Å². The molecule has 0 bridgehead atoms. The van der Waals surface area contributed by atoms with Crippen molar-refractivity contribution >= 4 is 41.5 Å². The molecule has 4 aromatic carbocycles. The molecule has 49 heavy (non-hydrogen) atoms. The zero-order valence-electron chi connectivity index (χ0n) is 28.6. The van der Waals surface area contributed by atoms with Crippen LogP contribution >= 0.6 is 12.4 Å². The van der Waals surface area contributed by atoms with Gasteiger partial charge in [0, 0.05) is 61.6 Å². The van der Waals surface area contributed by atoms with Crippen molar-refractivity contribution < 1.29 is 19.0 Å². The number of amides is 1. The van der Waals surface area contributed by atoms with Crippen molar-refractivity contribution in [3.05, 3.63) is 114 Å². The topological polar surface area (TPSA) is 63.3 Å². The number of ether oxygens (including phenoxy) is 3. The minimum absolute atomic E-state index is 0. The summed E-state index contributed by atoms with van der Waals surface area (Å²) < 4.78 is 16.9. The van der Waals surface area contributed by atoms with Gasteiger partial charge in [-0.15, -0.1) is 12.4 Å². The van der Waals surface area contributed by atoms with E-state index in [2.05, 4.69) is 102 Å². The van der Waals surface area contributed by atoms with Crippen molar-refractivity contribution in [3.8, 4) is 16.9 Å². The maximum Gasteiger partial charge on any atom is 0.251 e. The lowest BCUT2D eigenvalue weighted by atomic mass is 10.00. The van der Waals surface area contributed by atoms with Gasteiger partial charge in [0.05, 0.1) is 6.61 Å². The van der Waals surface area contributed by atoms with Crippen LogP contribution < -0.4 is 15.0 Å². The van der Waals surface area contributed by atoms with E-state index in [1.807, 2.05) is 30.3 Å². The minimum Gasteiger partial charge on any atom is -0.491 e. The van der Waals surface area contributed by atoms with Gasteiger partial charge in [0.25, 0.3) is 5.91 Å². The van der Waals surface area contributed by atoms with E-state index in [4.69, 9.17) is 14.2 Å². The summed E-state index contributed by atoms with van der Waals surface area (Å²) >= 11 is 0. The highest BCUT2D eigenvalue weighted by atomic mass is 35.5. The number of carbonyl (C=O) groups is 1. The first-order valence-corrected chi connectivity index (χ1v) is 17.2. The summed E-state index contributed by atoms with van der Waals surface area (Å²) in [5.41, 5.74) is 8.16. The lowest BCUT2D eigenvalue weighted by molar-refractivity contribution is -0.112. The van der Waals surface area contributed by atoms with Gasteiger partial charge in [-0.1, -0.05) is 55.5 Å². The Morgan fingerprint density at radius 1 is 0.898 bits per heavy atom. The number of benzene rings is 4. The van der Waals surface area contributed by atoms with Crippen LogP contribution in [-0.2, 0) is 20.8 Å². The second-order valence-electron chi connectivity index (χ2n) is 12.6. The molecule has 0 radical (unpaired) electrons. The molecular formula is C41H48ClN3O4. The van der Waals surface area contributed by atoms with Gasteiger partial charge in [-0.05, 0) is 110 Å². The lowest BCUT2D eigenvalue weighted by Gasteiger charge is -2.31. The van der Waals surface area contributed by atoms with Gasteiger partial charge in [0.2, 0.25) is 0 Å². The molecule has 4 aromatic rings. The minimum atomic E-state index is -0.0715. The summed E-state index contributed by atoms with van der Waals surface area (Å²) in [5.74, 6) is 0.750. The highest BCUT2D eigenvalue weighted by Crippen LogP contribution is 2.37. The number of rotatable bonds is 13. The molecule has 1 N–H and O–H groups in total. The van der Waals surface area contributed by atoms with Gasteiger partial charge in [0.15, 0.2) is 0 Å². The van der Waals surface area contributed by atoms with Crippen LogP contribution in [-0.4, -0.2) is 63.5 Å². The van der Waals surface area contributed by atoms with Gasteiger partial charge < -0.3 is 24.4 Å². The molecule has 0 saturated carbocycles. The van der Waals surface area contributed by atoms with E-state index in [1.54, 1.807) is 0 Å². The van der Waals surface area contributed by atoms with Crippen LogP contribution in [0.5, 0.6) is 5.75 Å². The van der Waals surface area contributed by atoms with Gasteiger partial charge in [-0.3, -0.25) is 9.69 Å². The summed E-state index contributed by atoms with van der Waals surface area (Å²) in [5, 5.41) is 3.17. The molecule has 2 heterocycles. The molecule has 2 aliphatic heterocycles. The highest BCUT2D eigenvalue weighted by molar-refractivity contribution is 6.07. The predicted molar refractivity (Wildman–Crippen MR) is 202 cm³/mol. The number of para-hydroxylation sites is 1. The first-order valence-electron chi connectivity index (χ1n) is 17.2. The second kappa shape index (κ2) is 18.0. The maximum absolute atomic E-state index is 13.7. The third kappa shape index (κ3) is 9.73. The van der Waals surface area contributed by atoms with E-state index in [9.17, 15) is 4.79 Å². The van der Waals surface area contributed by atoms with Gasteiger partial charge >= 0.3 is 0 Å². The monoisotopic (exact) mass is 681 g/mol. The molecular weight excluding hydrogens is 634 g/mol. The highest BCUT2D eigenvalue weighted by Gasteiger charge is 2.22. The fourth-order valence-corrected chi connectivity index (χ4v) is 6.42. The summed E-state index contributed by atoms with van der Waals surface area (Å²) in [6.07, 6.45) is 5.82. The van der Waals surface area contributed by atoms with E-state index in [0.717, 1.165) is 90.7 Å².